The molecule has 0 saturated carbocycles. The number of para-hydroxylation sites is 1. The van der Waals surface area contributed by atoms with Crippen molar-refractivity contribution in [2.24, 2.45) is 5.73 Å². The van der Waals surface area contributed by atoms with Crippen LogP contribution in [0.2, 0.25) is 0 Å². The van der Waals surface area contributed by atoms with Crippen molar-refractivity contribution < 1.29 is 9.59 Å². The van der Waals surface area contributed by atoms with Crippen LogP contribution in [0.1, 0.15) is 36.5 Å². The Kier molecular flexibility index (Phi) is 4.51. The number of primary amides is 1. The minimum absolute atomic E-state index is 0.0875. The highest BCUT2D eigenvalue weighted by Crippen LogP contribution is 2.14. The summed E-state index contributed by atoms with van der Waals surface area (Å²) >= 11 is 0. The predicted molar refractivity (Wildman–Crippen MR) is 63.1 cm³/mol. The number of anilines is 1. The molecule has 0 aliphatic carbocycles. The van der Waals surface area contributed by atoms with Gasteiger partial charge in [0.2, 0.25) is 5.91 Å². The molecule has 0 aliphatic rings. The minimum Gasteiger partial charge on any atom is -0.366 e. The summed E-state index contributed by atoms with van der Waals surface area (Å²) in [7, 11) is 0. The van der Waals surface area contributed by atoms with Crippen molar-refractivity contribution in [1.82, 2.24) is 0 Å². The van der Waals surface area contributed by atoms with E-state index in [1.54, 1.807) is 24.3 Å². The fraction of sp³-hybridized carbons (Fsp3) is 0.333. The first-order valence-corrected chi connectivity index (χ1v) is 5.33. The molecule has 1 aromatic carbocycles. The number of hydrogen-bond donors (Lipinski definition) is 2. The third-order valence-corrected chi connectivity index (χ3v) is 2.22. The van der Waals surface area contributed by atoms with Gasteiger partial charge in [0.05, 0.1) is 11.3 Å². The molecular weight excluding hydrogens is 204 g/mol. The number of carbonyl (C=O) groups is 2. The molecule has 16 heavy (non-hydrogen) atoms. The zero-order chi connectivity index (χ0) is 12.0. The summed E-state index contributed by atoms with van der Waals surface area (Å²) in [5, 5.41) is 2.69. The van der Waals surface area contributed by atoms with Crippen LogP contribution < -0.4 is 11.1 Å². The summed E-state index contributed by atoms with van der Waals surface area (Å²) in [5.41, 5.74) is 6.02. The molecule has 1 aromatic rings. The molecule has 1 rings (SSSR count). The number of hydrogen-bond acceptors (Lipinski definition) is 2. The fourth-order valence-corrected chi connectivity index (χ4v) is 1.36. The molecule has 0 radical (unpaired) electrons. The summed E-state index contributed by atoms with van der Waals surface area (Å²) < 4.78 is 0. The standard InChI is InChI=1S/C12H16N2O2/c1-2-3-8-11(15)14-10-7-5-4-6-9(10)12(13)16/h4-7H,2-3,8H2,1H3,(H2,13,16)(H,14,15). The third-order valence-electron chi connectivity index (χ3n) is 2.22. The Morgan fingerprint density at radius 2 is 2.00 bits per heavy atom. The van der Waals surface area contributed by atoms with Gasteiger partial charge in [0.1, 0.15) is 0 Å². The second-order valence-electron chi connectivity index (χ2n) is 3.56. The average Bonchev–Trinajstić information content (AvgIpc) is 2.27. The Morgan fingerprint density at radius 1 is 1.31 bits per heavy atom. The van der Waals surface area contributed by atoms with E-state index in [0.717, 1.165) is 12.8 Å². The van der Waals surface area contributed by atoms with Crippen molar-refractivity contribution in [3.05, 3.63) is 29.8 Å². The maximum absolute atomic E-state index is 11.5. The molecule has 0 spiro atoms. The molecule has 2 amide bonds. The molecule has 0 fully saturated rings. The number of benzene rings is 1. The van der Waals surface area contributed by atoms with Gasteiger partial charge in [0.25, 0.3) is 5.91 Å². The van der Waals surface area contributed by atoms with Crippen molar-refractivity contribution in [2.75, 3.05) is 5.32 Å². The molecule has 3 N–H and O–H groups in total. The van der Waals surface area contributed by atoms with E-state index in [0.29, 0.717) is 17.7 Å². The monoisotopic (exact) mass is 220 g/mol. The molecule has 0 aromatic heterocycles. The van der Waals surface area contributed by atoms with E-state index in [1.165, 1.54) is 0 Å². The average molecular weight is 220 g/mol. The van der Waals surface area contributed by atoms with Crippen molar-refractivity contribution in [3.63, 3.8) is 0 Å². The lowest BCUT2D eigenvalue weighted by atomic mass is 10.1. The molecule has 0 unspecified atom stereocenters. The van der Waals surface area contributed by atoms with Crippen LogP contribution >= 0.6 is 0 Å². The Labute approximate surface area is 94.8 Å². The van der Waals surface area contributed by atoms with Crippen LogP contribution in [0.15, 0.2) is 24.3 Å². The second-order valence-corrected chi connectivity index (χ2v) is 3.56. The van der Waals surface area contributed by atoms with E-state index < -0.39 is 5.91 Å². The Morgan fingerprint density at radius 3 is 2.62 bits per heavy atom. The van der Waals surface area contributed by atoms with Crippen LogP contribution in [0, 0.1) is 0 Å². The summed E-state index contributed by atoms with van der Waals surface area (Å²) in [5.74, 6) is -0.623. The van der Waals surface area contributed by atoms with E-state index in [-0.39, 0.29) is 5.91 Å². The Bertz CT molecular complexity index is 388. The van der Waals surface area contributed by atoms with E-state index >= 15 is 0 Å². The molecular formula is C12H16N2O2. The number of amides is 2. The topological polar surface area (TPSA) is 72.2 Å². The van der Waals surface area contributed by atoms with Gasteiger partial charge in [0, 0.05) is 6.42 Å². The summed E-state index contributed by atoms with van der Waals surface area (Å²) in [6.45, 7) is 2.02. The van der Waals surface area contributed by atoms with Crippen LogP contribution in [0.25, 0.3) is 0 Å². The van der Waals surface area contributed by atoms with Crippen LogP contribution in [-0.2, 0) is 4.79 Å². The summed E-state index contributed by atoms with van der Waals surface area (Å²) in [4.78, 5) is 22.6. The van der Waals surface area contributed by atoms with E-state index in [9.17, 15) is 9.59 Å². The van der Waals surface area contributed by atoms with Crippen molar-refractivity contribution >= 4 is 17.5 Å². The highest BCUT2D eigenvalue weighted by atomic mass is 16.2. The Balaban J connectivity index is 2.73. The van der Waals surface area contributed by atoms with Crippen molar-refractivity contribution in [1.29, 1.82) is 0 Å². The zero-order valence-corrected chi connectivity index (χ0v) is 9.32. The second kappa shape index (κ2) is 5.90. The van der Waals surface area contributed by atoms with Crippen molar-refractivity contribution in [3.8, 4) is 0 Å². The van der Waals surface area contributed by atoms with Gasteiger partial charge in [-0.3, -0.25) is 9.59 Å². The predicted octanol–water partition coefficient (Wildman–Crippen LogP) is 1.91. The van der Waals surface area contributed by atoms with Crippen LogP contribution in [0.5, 0.6) is 0 Å². The lowest BCUT2D eigenvalue weighted by molar-refractivity contribution is -0.116. The van der Waals surface area contributed by atoms with Gasteiger partial charge in [-0.1, -0.05) is 25.5 Å². The van der Waals surface area contributed by atoms with Crippen LogP contribution in [-0.4, -0.2) is 11.8 Å². The summed E-state index contributed by atoms with van der Waals surface area (Å²) in [6.07, 6.45) is 2.26. The molecule has 0 saturated heterocycles. The third kappa shape index (κ3) is 3.38. The van der Waals surface area contributed by atoms with Gasteiger partial charge in [-0.25, -0.2) is 0 Å². The fourth-order valence-electron chi connectivity index (χ4n) is 1.36. The summed E-state index contributed by atoms with van der Waals surface area (Å²) in [6, 6.07) is 6.73. The zero-order valence-electron chi connectivity index (χ0n) is 9.32. The Hall–Kier alpha value is -1.84. The molecule has 4 nitrogen and oxygen atoms in total. The number of carbonyl (C=O) groups excluding carboxylic acids is 2. The highest BCUT2D eigenvalue weighted by molar-refractivity contribution is 6.02. The van der Waals surface area contributed by atoms with Gasteiger partial charge >= 0.3 is 0 Å². The molecule has 86 valence electrons. The quantitative estimate of drug-likeness (QED) is 0.795. The minimum atomic E-state index is -0.536. The number of nitrogens with one attached hydrogen (secondary N) is 1. The maximum Gasteiger partial charge on any atom is 0.250 e. The number of rotatable bonds is 5. The van der Waals surface area contributed by atoms with E-state index in [1.807, 2.05) is 6.92 Å². The van der Waals surface area contributed by atoms with Gasteiger partial charge < -0.3 is 11.1 Å². The van der Waals surface area contributed by atoms with Crippen LogP contribution in [0.3, 0.4) is 0 Å². The molecule has 0 atom stereocenters. The molecule has 0 heterocycles. The lowest BCUT2D eigenvalue weighted by Crippen LogP contribution is -2.17. The van der Waals surface area contributed by atoms with Gasteiger partial charge in [-0.05, 0) is 18.6 Å². The maximum atomic E-state index is 11.5. The van der Waals surface area contributed by atoms with Gasteiger partial charge in [-0.15, -0.1) is 0 Å². The SMILES string of the molecule is CCCCC(=O)Nc1ccccc1C(N)=O. The highest BCUT2D eigenvalue weighted by Gasteiger charge is 2.09. The first-order chi connectivity index (χ1) is 7.65. The number of nitrogens with two attached hydrogens (primary N) is 1. The lowest BCUT2D eigenvalue weighted by Gasteiger charge is -2.08. The van der Waals surface area contributed by atoms with Crippen LogP contribution in [0.4, 0.5) is 5.69 Å². The molecule has 0 bridgehead atoms. The van der Waals surface area contributed by atoms with Crippen molar-refractivity contribution in [2.45, 2.75) is 26.2 Å². The first kappa shape index (κ1) is 12.2. The largest absolute Gasteiger partial charge is 0.366 e. The first-order valence-electron chi connectivity index (χ1n) is 5.33. The van der Waals surface area contributed by atoms with E-state index in [2.05, 4.69) is 5.32 Å². The van der Waals surface area contributed by atoms with E-state index in [4.69, 9.17) is 5.73 Å². The van der Waals surface area contributed by atoms with Gasteiger partial charge in [0.15, 0.2) is 0 Å². The molecule has 4 heteroatoms. The smallest absolute Gasteiger partial charge is 0.250 e. The number of unbranched alkanes of at least 4 members (excludes halogenated alkanes) is 1. The normalized spacial score (nSPS) is 9.81. The molecule has 0 aliphatic heterocycles. The van der Waals surface area contributed by atoms with Gasteiger partial charge in [-0.2, -0.15) is 0 Å².